The third-order valence-electron chi connectivity index (χ3n) is 4.66. The van der Waals surface area contributed by atoms with Gasteiger partial charge in [-0.05, 0) is 35.6 Å². The second-order valence-corrected chi connectivity index (χ2v) is 8.89. The molecule has 0 aliphatic rings. The van der Waals surface area contributed by atoms with Gasteiger partial charge in [0.15, 0.2) is 0 Å². The fourth-order valence-electron chi connectivity index (χ4n) is 3.16. The molecule has 0 fully saturated rings. The number of carbonyl (C=O) groups is 3. The summed E-state index contributed by atoms with van der Waals surface area (Å²) in [6.45, 7) is 3.81. The highest BCUT2D eigenvalue weighted by Gasteiger charge is 2.33. The maximum Gasteiger partial charge on any atom is 0.417 e. The molecule has 1 aromatic heterocycles. The number of anilines is 1. The van der Waals surface area contributed by atoms with Crippen LogP contribution in [0.15, 0.2) is 30.3 Å². The first-order valence-corrected chi connectivity index (χ1v) is 11.0. The molecule has 34 heavy (non-hydrogen) atoms. The van der Waals surface area contributed by atoms with Gasteiger partial charge < -0.3 is 21.9 Å². The molecule has 0 radical (unpaired) electrons. The number of nitrogens with two attached hydrogens (primary N) is 2. The van der Waals surface area contributed by atoms with Gasteiger partial charge in [0.1, 0.15) is 11.0 Å². The fourth-order valence-corrected chi connectivity index (χ4v) is 4.22. The van der Waals surface area contributed by atoms with E-state index in [0.29, 0.717) is 6.42 Å². The maximum absolute atomic E-state index is 13.7. The van der Waals surface area contributed by atoms with E-state index in [1.165, 1.54) is 30.4 Å². The van der Waals surface area contributed by atoms with Crippen molar-refractivity contribution in [1.82, 2.24) is 5.32 Å². The number of hydrogen-bond acceptors (Lipinski definition) is 5. The van der Waals surface area contributed by atoms with Gasteiger partial charge in [-0.15, -0.1) is 11.3 Å². The van der Waals surface area contributed by atoms with E-state index in [2.05, 4.69) is 10.6 Å². The predicted octanol–water partition coefficient (Wildman–Crippen LogP) is 4.13. The molecule has 0 bridgehead atoms. The zero-order valence-electron chi connectivity index (χ0n) is 18.4. The number of carboxylic acids is 1. The number of nitrogens with one attached hydrogen (secondary N) is 2. The average molecular weight is 499 g/mol. The third-order valence-corrected chi connectivity index (χ3v) is 5.76. The van der Waals surface area contributed by atoms with Gasteiger partial charge in [-0.1, -0.05) is 38.1 Å². The van der Waals surface area contributed by atoms with Crippen molar-refractivity contribution in [3.05, 3.63) is 47.0 Å². The second-order valence-electron chi connectivity index (χ2n) is 7.84. The summed E-state index contributed by atoms with van der Waals surface area (Å²) in [6.07, 6.45) is -1.61. The molecule has 1 aromatic carbocycles. The molecule has 3 amide bonds. The molecular formula is C22H25F3N4O4S. The van der Waals surface area contributed by atoms with Crippen LogP contribution < -0.4 is 22.1 Å². The number of aliphatic carboxylic acids is 1. The second kappa shape index (κ2) is 11.2. The van der Waals surface area contributed by atoms with E-state index in [-0.39, 0.29) is 39.0 Å². The van der Waals surface area contributed by atoms with Crippen LogP contribution in [0.1, 0.15) is 41.8 Å². The Morgan fingerprint density at radius 3 is 2.38 bits per heavy atom. The minimum absolute atomic E-state index is 0.0352. The molecule has 12 heteroatoms. The smallest absolute Gasteiger partial charge is 0.417 e. The monoisotopic (exact) mass is 498 g/mol. The highest BCUT2D eigenvalue weighted by atomic mass is 32.1. The zero-order valence-corrected chi connectivity index (χ0v) is 19.2. The standard InChI is InChI=1S/C22H25F3N4O4S/c1-11(2)8-16(20(31)32)28-7-3-4-12-5-6-13(9-15(12)22(23,24)25)17-10-14(18(26)30)19(34-17)29-21(27)33/h3-6,9-11,16,28H,7-8H2,1-2H3,(H2,26,30)(H,31,32)(H3,27,29,33)/t16-/m0/s1. The van der Waals surface area contributed by atoms with Crippen LogP contribution in [-0.2, 0) is 11.0 Å². The van der Waals surface area contributed by atoms with Crippen molar-refractivity contribution in [2.75, 3.05) is 11.9 Å². The maximum atomic E-state index is 13.7. The number of thiophene rings is 1. The van der Waals surface area contributed by atoms with E-state index in [1.807, 2.05) is 13.8 Å². The Morgan fingerprint density at radius 2 is 1.85 bits per heavy atom. The van der Waals surface area contributed by atoms with E-state index >= 15 is 0 Å². The Hall–Kier alpha value is -3.38. The highest BCUT2D eigenvalue weighted by Crippen LogP contribution is 2.39. The molecule has 1 heterocycles. The summed E-state index contributed by atoms with van der Waals surface area (Å²) in [6, 6.07) is 3.16. The van der Waals surface area contributed by atoms with Crippen LogP contribution in [-0.4, -0.2) is 35.6 Å². The Bertz CT molecular complexity index is 1100. The molecule has 8 nitrogen and oxygen atoms in total. The number of halogens is 3. The van der Waals surface area contributed by atoms with Gasteiger partial charge in [-0.3, -0.25) is 14.9 Å². The van der Waals surface area contributed by atoms with Crippen molar-refractivity contribution in [2.45, 2.75) is 32.5 Å². The van der Waals surface area contributed by atoms with Crippen LogP contribution in [0.2, 0.25) is 0 Å². The van der Waals surface area contributed by atoms with Gasteiger partial charge in [-0.2, -0.15) is 13.2 Å². The molecular weight excluding hydrogens is 473 g/mol. The summed E-state index contributed by atoms with van der Waals surface area (Å²) in [7, 11) is 0. The largest absolute Gasteiger partial charge is 0.480 e. The number of alkyl halides is 3. The van der Waals surface area contributed by atoms with Gasteiger partial charge in [-0.25, -0.2) is 4.79 Å². The summed E-state index contributed by atoms with van der Waals surface area (Å²) in [5.74, 6) is -1.77. The lowest BCUT2D eigenvalue weighted by atomic mass is 10.0. The van der Waals surface area contributed by atoms with E-state index in [0.717, 1.165) is 17.4 Å². The molecule has 0 aliphatic heterocycles. The number of hydrogen-bond donors (Lipinski definition) is 5. The van der Waals surface area contributed by atoms with Crippen molar-refractivity contribution in [3.8, 4) is 10.4 Å². The summed E-state index contributed by atoms with van der Waals surface area (Å²) < 4.78 is 41.2. The molecule has 2 rings (SSSR count). The molecule has 184 valence electrons. The number of urea groups is 1. The first-order valence-electron chi connectivity index (χ1n) is 10.1. The Balaban J connectivity index is 2.33. The van der Waals surface area contributed by atoms with Crippen molar-refractivity contribution in [3.63, 3.8) is 0 Å². The van der Waals surface area contributed by atoms with Crippen LogP contribution in [0.3, 0.4) is 0 Å². The van der Waals surface area contributed by atoms with Gasteiger partial charge in [0.2, 0.25) is 0 Å². The van der Waals surface area contributed by atoms with Crippen molar-refractivity contribution in [2.24, 2.45) is 17.4 Å². The number of rotatable bonds is 10. The van der Waals surface area contributed by atoms with Crippen molar-refractivity contribution in [1.29, 1.82) is 0 Å². The molecule has 0 saturated carbocycles. The minimum Gasteiger partial charge on any atom is -0.480 e. The topological polar surface area (TPSA) is 148 Å². The Labute approximate surface area is 197 Å². The van der Waals surface area contributed by atoms with Crippen LogP contribution >= 0.6 is 11.3 Å². The molecule has 1 atom stereocenters. The van der Waals surface area contributed by atoms with Crippen LogP contribution in [0.25, 0.3) is 16.5 Å². The first kappa shape index (κ1) is 26.9. The van der Waals surface area contributed by atoms with Gasteiger partial charge in [0.25, 0.3) is 5.91 Å². The normalized spacial score (nSPS) is 12.8. The summed E-state index contributed by atoms with van der Waals surface area (Å²) in [5, 5.41) is 14.3. The lowest BCUT2D eigenvalue weighted by Crippen LogP contribution is -2.37. The summed E-state index contributed by atoms with van der Waals surface area (Å²) in [4.78, 5) is 34.3. The van der Waals surface area contributed by atoms with E-state index in [9.17, 15) is 32.7 Å². The minimum atomic E-state index is -4.68. The van der Waals surface area contributed by atoms with Gasteiger partial charge >= 0.3 is 18.2 Å². The summed E-state index contributed by atoms with van der Waals surface area (Å²) in [5.41, 5.74) is 9.41. The number of carboxylic acid groups (broad SMARTS) is 1. The molecule has 0 unspecified atom stereocenters. The van der Waals surface area contributed by atoms with E-state index < -0.39 is 35.7 Å². The van der Waals surface area contributed by atoms with Crippen LogP contribution in [0, 0.1) is 5.92 Å². The highest BCUT2D eigenvalue weighted by molar-refractivity contribution is 7.20. The predicted molar refractivity (Wildman–Crippen MR) is 124 cm³/mol. The third kappa shape index (κ3) is 7.32. The molecule has 0 saturated heterocycles. The number of amides is 3. The lowest BCUT2D eigenvalue weighted by Gasteiger charge is -2.15. The Morgan fingerprint density at radius 1 is 1.18 bits per heavy atom. The van der Waals surface area contributed by atoms with Crippen molar-refractivity contribution < 1.29 is 32.7 Å². The number of primary amides is 2. The molecule has 7 N–H and O–H groups in total. The van der Waals surface area contributed by atoms with E-state index in [4.69, 9.17) is 11.5 Å². The fraction of sp³-hybridized carbons (Fsp3) is 0.318. The quantitative estimate of drug-likeness (QED) is 0.334. The SMILES string of the molecule is CC(C)C[C@H](NCC=Cc1ccc(-c2cc(C(N)=O)c(NC(N)=O)s2)cc1C(F)(F)F)C(=O)O. The molecule has 2 aromatic rings. The molecule has 0 spiro atoms. The van der Waals surface area contributed by atoms with Crippen LogP contribution in [0.4, 0.5) is 23.0 Å². The Kier molecular flexibility index (Phi) is 8.82. The molecule has 0 aliphatic carbocycles. The average Bonchev–Trinajstić information content (AvgIpc) is 3.12. The van der Waals surface area contributed by atoms with E-state index in [1.54, 1.807) is 0 Å². The zero-order chi connectivity index (χ0) is 25.6. The number of carbonyl (C=O) groups excluding carboxylic acids is 2. The lowest BCUT2D eigenvalue weighted by molar-refractivity contribution is -0.140. The first-order chi connectivity index (χ1) is 15.8. The van der Waals surface area contributed by atoms with Gasteiger partial charge in [0.05, 0.1) is 11.1 Å². The van der Waals surface area contributed by atoms with Gasteiger partial charge in [0, 0.05) is 11.4 Å². The van der Waals surface area contributed by atoms with Crippen molar-refractivity contribution >= 4 is 40.3 Å². The number of benzene rings is 1. The summed E-state index contributed by atoms with van der Waals surface area (Å²) >= 11 is 0.863. The van der Waals surface area contributed by atoms with Crippen LogP contribution in [0.5, 0.6) is 0 Å².